The standard InChI is InChI=1S/C14H21F2NO/c1-3-17-12(7-8-18-4-2)9-11-5-6-13(15)14(16)10-11/h5-6,10,12,17H,3-4,7-9H2,1-2H3. The van der Waals surface area contributed by atoms with E-state index in [2.05, 4.69) is 5.32 Å². The molecule has 0 heterocycles. The fourth-order valence-electron chi connectivity index (χ4n) is 1.89. The number of rotatable bonds is 8. The van der Waals surface area contributed by atoms with Gasteiger partial charge in [-0.15, -0.1) is 0 Å². The monoisotopic (exact) mass is 257 g/mol. The van der Waals surface area contributed by atoms with E-state index in [0.717, 1.165) is 18.5 Å². The van der Waals surface area contributed by atoms with Crippen LogP contribution >= 0.6 is 0 Å². The second-order valence-electron chi connectivity index (χ2n) is 4.19. The van der Waals surface area contributed by atoms with E-state index in [0.29, 0.717) is 19.6 Å². The molecule has 0 spiro atoms. The van der Waals surface area contributed by atoms with Gasteiger partial charge in [0.15, 0.2) is 11.6 Å². The maximum Gasteiger partial charge on any atom is 0.159 e. The molecule has 102 valence electrons. The fourth-order valence-corrected chi connectivity index (χ4v) is 1.89. The van der Waals surface area contributed by atoms with Crippen molar-refractivity contribution in [1.82, 2.24) is 5.32 Å². The lowest BCUT2D eigenvalue weighted by atomic mass is 10.0. The minimum absolute atomic E-state index is 0.228. The molecule has 0 fully saturated rings. The van der Waals surface area contributed by atoms with Crippen molar-refractivity contribution in [1.29, 1.82) is 0 Å². The highest BCUT2D eigenvalue weighted by atomic mass is 19.2. The van der Waals surface area contributed by atoms with Crippen LogP contribution in [0.25, 0.3) is 0 Å². The molecule has 0 amide bonds. The fraction of sp³-hybridized carbons (Fsp3) is 0.571. The summed E-state index contributed by atoms with van der Waals surface area (Å²) in [7, 11) is 0. The minimum atomic E-state index is -0.798. The molecule has 0 aromatic heterocycles. The molecular weight excluding hydrogens is 236 g/mol. The number of nitrogens with one attached hydrogen (secondary N) is 1. The zero-order valence-corrected chi connectivity index (χ0v) is 11.0. The average molecular weight is 257 g/mol. The van der Waals surface area contributed by atoms with Gasteiger partial charge in [0.25, 0.3) is 0 Å². The van der Waals surface area contributed by atoms with Crippen molar-refractivity contribution in [2.24, 2.45) is 0 Å². The minimum Gasteiger partial charge on any atom is -0.382 e. The Bertz CT molecular complexity index is 358. The van der Waals surface area contributed by atoms with Crippen LogP contribution in [0.5, 0.6) is 0 Å². The molecule has 0 saturated heterocycles. The quantitative estimate of drug-likeness (QED) is 0.723. The van der Waals surface area contributed by atoms with Crippen LogP contribution in [0.1, 0.15) is 25.8 Å². The molecule has 2 nitrogen and oxygen atoms in total. The van der Waals surface area contributed by atoms with Crippen LogP contribution in [0, 0.1) is 11.6 Å². The highest BCUT2D eigenvalue weighted by Crippen LogP contribution is 2.11. The van der Waals surface area contributed by atoms with Gasteiger partial charge in [0.2, 0.25) is 0 Å². The van der Waals surface area contributed by atoms with Crippen molar-refractivity contribution >= 4 is 0 Å². The van der Waals surface area contributed by atoms with E-state index in [1.165, 1.54) is 12.1 Å². The van der Waals surface area contributed by atoms with Crippen LogP contribution < -0.4 is 5.32 Å². The second-order valence-corrected chi connectivity index (χ2v) is 4.19. The van der Waals surface area contributed by atoms with E-state index in [1.807, 2.05) is 13.8 Å². The van der Waals surface area contributed by atoms with Gasteiger partial charge < -0.3 is 10.1 Å². The van der Waals surface area contributed by atoms with Gasteiger partial charge >= 0.3 is 0 Å². The van der Waals surface area contributed by atoms with Gasteiger partial charge in [0.05, 0.1) is 0 Å². The lowest BCUT2D eigenvalue weighted by Crippen LogP contribution is -2.32. The molecule has 1 aromatic rings. The molecule has 4 heteroatoms. The summed E-state index contributed by atoms with van der Waals surface area (Å²) in [6, 6.07) is 4.30. The largest absolute Gasteiger partial charge is 0.382 e. The topological polar surface area (TPSA) is 21.3 Å². The number of hydrogen-bond donors (Lipinski definition) is 1. The van der Waals surface area contributed by atoms with Crippen molar-refractivity contribution in [2.75, 3.05) is 19.8 Å². The van der Waals surface area contributed by atoms with E-state index in [9.17, 15) is 8.78 Å². The predicted octanol–water partition coefficient (Wildman–Crippen LogP) is 2.91. The first kappa shape index (κ1) is 15.1. The molecule has 1 rings (SSSR count). The molecule has 1 N–H and O–H groups in total. The zero-order valence-electron chi connectivity index (χ0n) is 11.0. The van der Waals surface area contributed by atoms with Gasteiger partial charge in [-0.3, -0.25) is 0 Å². The van der Waals surface area contributed by atoms with Crippen molar-refractivity contribution in [3.8, 4) is 0 Å². The third-order valence-corrected chi connectivity index (χ3v) is 2.77. The maximum atomic E-state index is 13.1. The molecule has 1 aromatic carbocycles. The molecule has 1 unspecified atom stereocenters. The molecule has 0 aliphatic heterocycles. The molecule has 0 bridgehead atoms. The second kappa shape index (κ2) is 8.16. The molecule has 0 saturated carbocycles. The highest BCUT2D eigenvalue weighted by Gasteiger charge is 2.10. The molecule has 0 radical (unpaired) electrons. The van der Waals surface area contributed by atoms with Crippen LogP contribution in [0.3, 0.4) is 0 Å². The molecular formula is C14H21F2NO. The van der Waals surface area contributed by atoms with Gasteiger partial charge in [-0.1, -0.05) is 13.0 Å². The summed E-state index contributed by atoms with van der Waals surface area (Å²) in [6.07, 6.45) is 1.54. The third-order valence-electron chi connectivity index (χ3n) is 2.77. The van der Waals surface area contributed by atoms with Gasteiger partial charge in [0.1, 0.15) is 0 Å². The first-order valence-electron chi connectivity index (χ1n) is 6.42. The van der Waals surface area contributed by atoms with E-state index < -0.39 is 11.6 Å². The lowest BCUT2D eigenvalue weighted by molar-refractivity contribution is 0.136. The smallest absolute Gasteiger partial charge is 0.159 e. The van der Waals surface area contributed by atoms with Crippen LogP contribution in [0.2, 0.25) is 0 Å². The first-order chi connectivity index (χ1) is 8.67. The van der Waals surface area contributed by atoms with Crippen LogP contribution in [0.4, 0.5) is 8.78 Å². The van der Waals surface area contributed by atoms with Gasteiger partial charge in [-0.05, 0) is 44.0 Å². The SMILES string of the molecule is CCNC(CCOCC)Cc1ccc(F)c(F)c1. The Morgan fingerprint density at radius 1 is 1.22 bits per heavy atom. The van der Waals surface area contributed by atoms with E-state index in [4.69, 9.17) is 4.74 Å². The normalized spacial score (nSPS) is 12.7. The maximum absolute atomic E-state index is 13.1. The Morgan fingerprint density at radius 2 is 2.00 bits per heavy atom. The summed E-state index contributed by atoms with van der Waals surface area (Å²) in [5.74, 6) is -1.58. The summed E-state index contributed by atoms with van der Waals surface area (Å²) in [5, 5.41) is 3.33. The van der Waals surface area contributed by atoms with Gasteiger partial charge in [0, 0.05) is 19.3 Å². The Balaban J connectivity index is 2.55. The average Bonchev–Trinajstić information content (AvgIpc) is 2.34. The number of halogens is 2. The lowest BCUT2D eigenvalue weighted by Gasteiger charge is -2.18. The van der Waals surface area contributed by atoms with Crippen molar-refractivity contribution < 1.29 is 13.5 Å². The summed E-state index contributed by atoms with van der Waals surface area (Å²) in [4.78, 5) is 0. The van der Waals surface area contributed by atoms with Crippen molar-refractivity contribution in [3.05, 3.63) is 35.4 Å². The van der Waals surface area contributed by atoms with E-state index in [1.54, 1.807) is 6.07 Å². The molecule has 1 atom stereocenters. The van der Waals surface area contributed by atoms with Crippen LogP contribution in [-0.4, -0.2) is 25.8 Å². The molecule has 18 heavy (non-hydrogen) atoms. The third kappa shape index (κ3) is 5.10. The predicted molar refractivity (Wildman–Crippen MR) is 68.6 cm³/mol. The summed E-state index contributed by atoms with van der Waals surface area (Å²) >= 11 is 0. The number of benzene rings is 1. The summed E-state index contributed by atoms with van der Waals surface area (Å²) in [5.41, 5.74) is 0.802. The van der Waals surface area contributed by atoms with Crippen LogP contribution in [-0.2, 0) is 11.2 Å². The number of ether oxygens (including phenoxy) is 1. The summed E-state index contributed by atoms with van der Waals surface area (Å²) < 4.78 is 31.2. The Morgan fingerprint density at radius 3 is 2.61 bits per heavy atom. The van der Waals surface area contributed by atoms with Crippen molar-refractivity contribution in [2.45, 2.75) is 32.7 Å². The summed E-state index contributed by atoms with van der Waals surface area (Å²) in [6.45, 7) is 6.21. The first-order valence-corrected chi connectivity index (χ1v) is 6.42. The molecule has 0 aliphatic rings. The van der Waals surface area contributed by atoms with E-state index >= 15 is 0 Å². The Hall–Kier alpha value is -1.00. The number of likely N-dealkylation sites (N-methyl/N-ethyl adjacent to an activating group) is 1. The van der Waals surface area contributed by atoms with Crippen molar-refractivity contribution in [3.63, 3.8) is 0 Å². The Labute approximate surface area is 107 Å². The van der Waals surface area contributed by atoms with E-state index in [-0.39, 0.29) is 6.04 Å². The molecule has 0 aliphatic carbocycles. The number of hydrogen-bond acceptors (Lipinski definition) is 2. The van der Waals surface area contributed by atoms with Crippen LogP contribution in [0.15, 0.2) is 18.2 Å². The zero-order chi connectivity index (χ0) is 13.4. The highest BCUT2D eigenvalue weighted by molar-refractivity contribution is 5.18. The Kier molecular flexibility index (Phi) is 6.83. The van der Waals surface area contributed by atoms with Gasteiger partial charge in [-0.2, -0.15) is 0 Å². The van der Waals surface area contributed by atoms with Gasteiger partial charge in [-0.25, -0.2) is 8.78 Å².